The van der Waals surface area contributed by atoms with E-state index in [9.17, 15) is 9.90 Å². The van der Waals surface area contributed by atoms with E-state index in [2.05, 4.69) is 15.3 Å². The molecule has 2 N–H and O–H groups in total. The Hall–Kier alpha value is -1.92. The summed E-state index contributed by atoms with van der Waals surface area (Å²) in [5.41, 5.74) is 0.00863. The van der Waals surface area contributed by atoms with Crippen molar-refractivity contribution in [3.05, 3.63) is 30.6 Å². The fourth-order valence-electron chi connectivity index (χ4n) is 2.83. The minimum Gasteiger partial charge on any atom is -0.388 e. The predicted octanol–water partition coefficient (Wildman–Crippen LogP) is 1.63. The molecule has 1 aliphatic heterocycles. The Balaban J connectivity index is 1.65. The number of carbonyl (C=O) groups excluding carboxylic acids is 1. The van der Waals surface area contributed by atoms with Gasteiger partial charge in [0.2, 0.25) is 5.91 Å². The maximum Gasteiger partial charge on any atom is 0.237 e. The average Bonchev–Trinajstić information content (AvgIpc) is 2.60. The van der Waals surface area contributed by atoms with E-state index in [0.29, 0.717) is 38.3 Å². The smallest absolute Gasteiger partial charge is 0.237 e. The van der Waals surface area contributed by atoms with Crippen molar-refractivity contribution in [3.63, 3.8) is 0 Å². The summed E-state index contributed by atoms with van der Waals surface area (Å²) in [6.07, 6.45) is 2.55. The fraction of sp³-hybridized carbons (Fsp3) is 0.438. The highest BCUT2D eigenvalue weighted by Gasteiger charge is 2.33. The number of anilines is 1. The first-order valence-electron chi connectivity index (χ1n) is 7.61. The van der Waals surface area contributed by atoms with E-state index in [1.54, 1.807) is 4.90 Å². The van der Waals surface area contributed by atoms with Gasteiger partial charge in [-0.2, -0.15) is 0 Å². The molecule has 0 spiro atoms. The molecule has 0 saturated carbocycles. The van der Waals surface area contributed by atoms with Gasteiger partial charge in [0.25, 0.3) is 0 Å². The molecular formula is C16H19ClN4O2. The number of fused-ring (bicyclic) bond motifs is 1. The van der Waals surface area contributed by atoms with Crippen LogP contribution in [0.15, 0.2) is 30.6 Å². The van der Waals surface area contributed by atoms with Crippen LogP contribution in [0.3, 0.4) is 0 Å². The zero-order chi connectivity index (χ0) is 16.3. The number of nitrogens with one attached hydrogen (secondary N) is 1. The molecule has 1 amide bonds. The molecule has 1 saturated heterocycles. The first-order chi connectivity index (χ1) is 11.1. The standard InChI is InChI=1S/C16H19ClN4O2/c17-9-14(22)21-7-5-16(23,6-8-21)10-18-15-12-3-1-2-4-13(12)19-11-20-15/h1-4,11,23H,5-10H2,(H,18,19,20). The van der Waals surface area contributed by atoms with E-state index in [4.69, 9.17) is 11.6 Å². The summed E-state index contributed by atoms with van der Waals surface area (Å²) in [5.74, 6) is 0.621. The Morgan fingerprint density at radius 1 is 1.30 bits per heavy atom. The summed E-state index contributed by atoms with van der Waals surface area (Å²) in [5, 5.41) is 14.8. The van der Waals surface area contributed by atoms with Gasteiger partial charge in [-0.3, -0.25) is 4.79 Å². The summed E-state index contributed by atoms with van der Waals surface area (Å²) < 4.78 is 0. The molecular weight excluding hydrogens is 316 g/mol. The molecule has 1 aliphatic rings. The monoisotopic (exact) mass is 334 g/mol. The van der Waals surface area contributed by atoms with Crippen molar-refractivity contribution in [1.29, 1.82) is 0 Å². The van der Waals surface area contributed by atoms with E-state index in [-0.39, 0.29) is 11.8 Å². The number of benzene rings is 1. The number of amides is 1. The largest absolute Gasteiger partial charge is 0.388 e. The minimum atomic E-state index is -0.852. The van der Waals surface area contributed by atoms with E-state index >= 15 is 0 Å². The third-order valence-electron chi connectivity index (χ3n) is 4.29. The molecule has 6 nitrogen and oxygen atoms in total. The van der Waals surface area contributed by atoms with E-state index in [1.807, 2.05) is 24.3 Å². The average molecular weight is 335 g/mol. The summed E-state index contributed by atoms with van der Waals surface area (Å²) in [4.78, 5) is 21.8. The van der Waals surface area contributed by atoms with Crippen molar-refractivity contribution >= 4 is 34.2 Å². The summed E-state index contributed by atoms with van der Waals surface area (Å²) in [7, 11) is 0. The van der Waals surface area contributed by atoms with Crippen molar-refractivity contribution < 1.29 is 9.90 Å². The topological polar surface area (TPSA) is 78.4 Å². The van der Waals surface area contributed by atoms with Gasteiger partial charge in [-0.1, -0.05) is 12.1 Å². The highest BCUT2D eigenvalue weighted by Crippen LogP contribution is 2.24. The van der Waals surface area contributed by atoms with Crippen LogP contribution in [-0.4, -0.2) is 57.0 Å². The second kappa shape index (κ2) is 6.68. The molecule has 1 aromatic carbocycles. The van der Waals surface area contributed by atoms with E-state index in [0.717, 1.165) is 10.9 Å². The number of nitrogens with zero attached hydrogens (tertiary/aromatic N) is 3. The predicted molar refractivity (Wildman–Crippen MR) is 89.5 cm³/mol. The molecule has 0 atom stereocenters. The van der Waals surface area contributed by atoms with Gasteiger partial charge in [-0.05, 0) is 25.0 Å². The summed E-state index contributed by atoms with van der Waals surface area (Å²) in [6.45, 7) is 1.43. The number of aliphatic hydroxyl groups is 1. The van der Waals surface area contributed by atoms with Gasteiger partial charge in [-0.15, -0.1) is 11.6 Å². The number of aromatic nitrogens is 2. The van der Waals surface area contributed by atoms with E-state index in [1.165, 1.54) is 6.33 Å². The lowest BCUT2D eigenvalue weighted by Gasteiger charge is -2.38. The van der Waals surface area contributed by atoms with Crippen molar-refractivity contribution in [2.24, 2.45) is 0 Å². The minimum absolute atomic E-state index is 0.0103. The number of likely N-dealkylation sites (tertiary alicyclic amines) is 1. The van der Waals surface area contributed by atoms with Gasteiger partial charge in [-0.25, -0.2) is 9.97 Å². The molecule has 2 heterocycles. The van der Waals surface area contributed by atoms with Gasteiger partial charge >= 0.3 is 0 Å². The van der Waals surface area contributed by atoms with Gasteiger partial charge in [0, 0.05) is 25.0 Å². The normalized spacial score (nSPS) is 17.2. The Kier molecular flexibility index (Phi) is 4.63. The van der Waals surface area contributed by atoms with Crippen molar-refractivity contribution in [2.45, 2.75) is 18.4 Å². The lowest BCUT2D eigenvalue weighted by atomic mass is 9.91. The molecule has 0 unspecified atom stereocenters. The van der Waals surface area contributed by atoms with Crippen molar-refractivity contribution in [2.75, 3.05) is 30.8 Å². The zero-order valence-electron chi connectivity index (χ0n) is 12.7. The molecule has 1 aromatic heterocycles. The lowest BCUT2D eigenvalue weighted by Crippen LogP contribution is -2.50. The zero-order valence-corrected chi connectivity index (χ0v) is 13.5. The van der Waals surface area contributed by atoms with Crippen LogP contribution in [-0.2, 0) is 4.79 Å². The maximum atomic E-state index is 11.6. The maximum absolute atomic E-state index is 11.6. The molecule has 0 radical (unpaired) electrons. The summed E-state index contributed by atoms with van der Waals surface area (Å²) in [6, 6.07) is 7.73. The highest BCUT2D eigenvalue weighted by molar-refractivity contribution is 6.27. The molecule has 3 rings (SSSR count). The van der Waals surface area contributed by atoms with Crippen LogP contribution < -0.4 is 5.32 Å². The number of rotatable bonds is 4. The SMILES string of the molecule is O=C(CCl)N1CCC(O)(CNc2ncnc3ccccc23)CC1. The van der Waals surface area contributed by atoms with Crippen LogP contribution in [0.1, 0.15) is 12.8 Å². The van der Waals surface area contributed by atoms with Crippen LogP contribution >= 0.6 is 11.6 Å². The lowest BCUT2D eigenvalue weighted by molar-refractivity contribution is -0.132. The number of hydrogen-bond donors (Lipinski definition) is 2. The molecule has 7 heteroatoms. The Morgan fingerprint density at radius 2 is 2.04 bits per heavy atom. The molecule has 23 heavy (non-hydrogen) atoms. The van der Waals surface area contributed by atoms with Gasteiger partial charge < -0.3 is 15.3 Å². The molecule has 0 aliphatic carbocycles. The fourth-order valence-corrected chi connectivity index (χ4v) is 3.00. The Morgan fingerprint density at radius 3 is 2.78 bits per heavy atom. The number of carbonyl (C=O) groups is 1. The molecule has 122 valence electrons. The number of hydrogen-bond acceptors (Lipinski definition) is 5. The second-order valence-corrected chi connectivity index (χ2v) is 6.10. The quantitative estimate of drug-likeness (QED) is 0.831. The van der Waals surface area contributed by atoms with Crippen LogP contribution in [0.2, 0.25) is 0 Å². The molecule has 0 bridgehead atoms. The number of halogens is 1. The van der Waals surface area contributed by atoms with E-state index < -0.39 is 5.60 Å². The van der Waals surface area contributed by atoms with Crippen molar-refractivity contribution in [1.82, 2.24) is 14.9 Å². The Bertz CT molecular complexity index is 696. The third kappa shape index (κ3) is 3.54. The number of para-hydroxylation sites is 1. The van der Waals surface area contributed by atoms with Gasteiger partial charge in [0.1, 0.15) is 18.0 Å². The van der Waals surface area contributed by atoms with Crippen LogP contribution in [0, 0.1) is 0 Å². The molecule has 2 aromatic rings. The molecule has 1 fully saturated rings. The number of alkyl halides is 1. The Labute approximate surface area is 139 Å². The van der Waals surface area contributed by atoms with Gasteiger partial charge in [0.05, 0.1) is 11.1 Å². The van der Waals surface area contributed by atoms with Crippen LogP contribution in [0.4, 0.5) is 5.82 Å². The third-order valence-corrected chi connectivity index (χ3v) is 4.52. The first kappa shape index (κ1) is 16.0. The van der Waals surface area contributed by atoms with Crippen molar-refractivity contribution in [3.8, 4) is 0 Å². The number of piperidine rings is 1. The first-order valence-corrected chi connectivity index (χ1v) is 8.14. The summed E-state index contributed by atoms with van der Waals surface area (Å²) >= 11 is 5.57. The van der Waals surface area contributed by atoms with Crippen LogP contribution in [0.25, 0.3) is 10.9 Å². The van der Waals surface area contributed by atoms with Crippen LogP contribution in [0.5, 0.6) is 0 Å². The highest BCUT2D eigenvalue weighted by atomic mass is 35.5. The van der Waals surface area contributed by atoms with Gasteiger partial charge in [0.15, 0.2) is 0 Å². The second-order valence-electron chi connectivity index (χ2n) is 5.83.